The average Bonchev–Trinajstić information content (AvgIpc) is 2.94. The Balaban J connectivity index is 1.34. The molecule has 2 aliphatic heterocycles. The Morgan fingerprint density at radius 1 is 1.19 bits per heavy atom. The minimum absolute atomic E-state index is 0.0104. The second-order valence-electron chi connectivity index (χ2n) is 7.26. The number of carbonyl (C=O) groups excluding carboxylic acids is 1. The zero-order valence-corrected chi connectivity index (χ0v) is 15.7. The van der Waals surface area contributed by atoms with Gasteiger partial charge in [-0.1, -0.05) is 18.2 Å². The Morgan fingerprint density at radius 3 is 2.96 bits per heavy atom. The molecular formula is C21H26N4O2. The van der Waals surface area contributed by atoms with E-state index in [1.165, 1.54) is 11.3 Å². The van der Waals surface area contributed by atoms with Crippen molar-refractivity contribution in [3.8, 4) is 5.75 Å². The number of benzene rings is 1. The fourth-order valence-electron chi connectivity index (χ4n) is 3.87. The monoisotopic (exact) mass is 366 g/mol. The number of urea groups is 1. The summed E-state index contributed by atoms with van der Waals surface area (Å²) in [5.41, 5.74) is 3.54. The molecule has 1 N–H and O–H groups in total. The lowest BCUT2D eigenvalue weighted by Crippen LogP contribution is -2.49. The molecule has 4 rings (SSSR count). The number of fused-ring (bicyclic) bond motifs is 1. The molecular weight excluding hydrogens is 340 g/mol. The summed E-state index contributed by atoms with van der Waals surface area (Å²) in [5, 5.41) is 3.16. The van der Waals surface area contributed by atoms with E-state index in [4.69, 9.17) is 4.74 Å². The highest BCUT2D eigenvalue weighted by Crippen LogP contribution is 2.24. The van der Waals surface area contributed by atoms with Crippen molar-refractivity contribution in [1.82, 2.24) is 15.2 Å². The number of hydrogen-bond donors (Lipinski definition) is 1. The van der Waals surface area contributed by atoms with Gasteiger partial charge in [-0.2, -0.15) is 0 Å². The van der Waals surface area contributed by atoms with Crippen LogP contribution < -0.4 is 15.0 Å². The van der Waals surface area contributed by atoms with Gasteiger partial charge in [0.1, 0.15) is 12.4 Å². The molecule has 1 fully saturated rings. The zero-order chi connectivity index (χ0) is 18.6. The molecule has 6 nitrogen and oxygen atoms in total. The molecule has 1 atom stereocenters. The second-order valence-corrected chi connectivity index (χ2v) is 7.26. The van der Waals surface area contributed by atoms with Crippen LogP contribution in [0.25, 0.3) is 0 Å². The molecule has 1 aromatic carbocycles. The standard InChI is InChI=1S/C21H26N4O2/c1-16-14-22-8-7-19(16)24-9-4-10-25(12-11-24)21(26)23-18-13-17-5-2-3-6-20(17)27-15-18/h2-3,5-8,14,18H,4,9-13,15H2,1H3,(H,23,26). The molecule has 0 aliphatic carbocycles. The summed E-state index contributed by atoms with van der Waals surface area (Å²) in [6, 6.07) is 10.1. The van der Waals surface area contributed by atoms with E-state index in [0.29, 0.717) is 6.61 Å². The molecule has 1 aromatic heterocycles. The molecule has 2 aromatic rings. The molecule has 0 spiro atoms. The van der Waals surface area contributed by atoms with E-state index in [-0.39, 0.29) is 12.1 Å². The lowest BCUT2D eigenvalue weighted by Gasteiger charge is -2.29. The maximum atomic E-state index is 12.8. The van der Waals surface area contributed by atoms with Crippen molar-refractivity contribution in [2.45, 2.75) is 25.8 Å². The Hall–Kier alpha value is -2.76. The summed E-state index contributed by atoms with van der Waals surface area (Å²) >= 11 is 0. The number of pyridine rings is 1. The minimum Gasteiger partial charge on any atom is -0.491 e. The Labute approximate surface area is 160 Å². The van der Waals surface area contributed by atoms with Gasteiger partial charge in [0.2, 0.25) is 0 Å². The van der Waals surface area contributed by atoms with Crippen LogP contribution in [0.2, 0.25) is 0 Å². The van der Waals surface area contributed by atoms with Crippen LogP contribution in [0.3, 0.4) is 0 Å². The summed E-state index contributed by atoms with van der Waals surface area (Å²) in [5.74, 6) is 0.932. The number of rotatable bonds is 2. The van der Waals surface area contributed by atoms with E-state index in [1.807, 2.05) is 35.5 Å². The highest BCUT2D eigenvalue weighted by molar-refractivity contribution is 5.75. The Bertz CT molecular complexity index is 810. The number of nitrogens with zero attached hydrogens (tertiary/aromatic N) is 3. The van der Waals surface area contributed by atoms with E-state index < -0.39 is 0 Å². The highest BCUT2D eigenvalue weighted by Gasteiger charge is 2.25. The van der Waals surface area contributed by atoms with Crippen molar-refractivity contribution in [3.63, 3.8) is 0 Å². The summed E-state index contributed by atoms with van der Waals surface area (Å²) in [6.07, 6.45) is 5.50. The number of nitrogens with one attached hydrogen (secondary N) is 1. The van der Waals surface area contributed by atoms with E-state index in [1.54, 1.807) is 0 Å². The first-order valence-corrected chi connectivity index (χ1v) is 9.62. The van der Waals surface area contributed by atoms with Gasteiger partial charge in [-0.25, -0.2) is 4.79 Å². The molecule has 6 heteroatoms. The van der Waals surface area contributed by atoms with Crippen molar-refractivity contribution >= 4 is 11.7 Å². The fraction of sp³-hybridized carbons (Fsp3) is 0.429. The second kappa shape index (κ2) is 7.86. The van der Waals surface area contributed by atoms with Gasteiger partial charge in [-0.05, 0) is 43.0 Å². The highest BCUT2D eigenvalue weighted by atomic mass is 16.5. The first-order valence-electron chi connectivity index (χ1n) is 9.62. The van der Waals surface area contributed by atoms with Crippen LogP contribution in [0, 0.1) is 6.92 Å². The van der Waals surface area contributed by atoms with Gasteiger partial charge in [-0.15, -0.1) is 0 Å². The zero-order valence-electron chi connectivity index (χ0n) is 15.7. The van der Waals surface area contributed by atoms with Crippen LogP contribution in [0.15, 0.2) is 42.7 Å². The van der Waals surface area contributed by atoms with E-state index in [9.17, 15) is 4.79 Å². The van der Waals surface area contributed by atoms with Gasteiger partial charge < -0.3 is 19.9 Å². The Morgan fingerprint density at radius 2 is 2.07 bits per heavy atom. The van der Waals surface area contributed by atoms with Gasteiger partial charge in [0.15, 0.2) is 0 Å². The van der Waals surface area contributed by atoms with Crippen molar-refractivity contribution in [1.29, 1.82) is 0 Å². The molecule has 1 saturated heterocycles. The van der Waals surface area contributed by atoms with Crippen LogP contribution in [0.4, 0.5) is 10.5 Å². The average molecular weight is 366 g/mol. The van der Waals surface area contributed by atoms with Gasteiger partial charge in [0, 0.05) is 44.3 Å². The number of para-hydroxylation sites is 1. The molecule has 2 aliphatic rings. The van der Waals surface area contributed by atoms with Crippen LogP contribution in [0.5, 0.6) is 5.75 Å². The summed E-state index contributed by atoms with van der Waals surface area (Å²) in [6.45, 7) is 5.89. The first-order chi connectivity index (χ1) is 13.2. The van der Waals surface area contributed by atoms with Gasteiger partial charge in [0.05, 0.1) is 6.04 Å². The number of ether oxygens (including phenoxy) is 1. The third-order valence-electron chi connectivity index (χ3n) is 5.32. The molecule has 3 heterocycles. The van der Waals surface area contributed by atoms with Gasteiger partial charge in [-0.3, -0.25) is 4.98 Å². The van der Waals surface area contributed by atoms with Crippen molar-refractivity contribution < 1.29 is 9.53 Å². The van der Waals surface area contributed by atoms with Crippen LogP contribution in [-0.2, 0) is 6.42 Å². The van der Waals surface area contributed by atoms with Crippen molar-refractivity contribution in [2.24, 2.45) is 0 Å². The number of hydrogen-bond acceptors (Lipinski definition) is 4. The van der Waals surface area contributed by atoms with Crippen LogP contribution in [0.1, 0.15) is 17.5 Å². The largest absolute Gasteiger partial charge is 0.491 e. The summed E-state index contributed by atoms with van der Waals surface area (Å²) in [4.78, 5) is 21.2. The normalized spacial score (nSPS) is 19.7. The molecule has 0 radical (unpaired) electrons. The van der Waals surface area contributed by atoms with Crippen LogP contribution >= 0.6 is 0 Å². The third-order valence-corrected chi connectivity index (χ3v) is 5.32. The molecule has 0 bridgehead atoms. The summed E-state index contributed by atoms with van der Waals surface area (Å²) in [7, 11) is 0. The predicted molar refractivity (Wildman–Crippen MR) is 105 cm³/mol. The first kappa shape index (κ1) is 17.6. The third kappa shape index (κ3) is 3.99. The number of amides is 2. The smallest absolute Gasteiger partial charge is 0.317 e. The number of aryl methyl sites for hydroxylation is 1. The SMILES string of the molecule is Cc1cnccc1N1CCCN(C(=O)NC2COc3ccccc3C2)CC1. The molecule has 1 unspecified atom stereocenters. The maximum Gasteiger partial charge on any atom is 0.317 e. The maximum absolute atomic E-state index is 12.8. The number of carbonyl (C=O) groups is 1. The van der Waals surface area contributed by atoms with Gasteiger partial charge in [0.25, 0.3) is 0 Å². The molecule has 142 valence electrons. The molecule has 2 amide bonds. The lowest BCUT2D eigenvalue weighted by molar-refractivity contribution is 0.183. The topological polar surface area (TPSA) is 57.7 Å². The summed E-state index contributed by atoms with van der Waals surface area (Å²) < 4.78 is 5.79. The van der Waals surface area contributed by atoms with Crippen LogP contribution in [-0.4, -0.2) is 54.7 Å². The van der Waals surface area contributed by atoms with Crippen molar-refractivity contribution in [2.75, 3.05) is 37.7 Å². The van der Waals surface area contributed by atoms with E-state index in [2.05, 4.69) is 34.3 Å². The molecule has 27 heavy (non-hydrogen) atoms. The Kier molecular flexibility index (Phi) is 5.14. The minimum atomic E-state index is 0.0104. The number of aromatic nitrogens is 1. The van der Waals surface area contributed by atoms with Crippen molar-refractivity contribution in [3.05, 3.63) is 53.9 Å². The van der Waals surface area contributed by atoms with E-state index >= 15 is 0 Å². The number of anilines is 1. The fourth-order valence-corrected chi connectivity index (χ4v) is 3.87. The predicted octanol–water partition coefficient (Wildman–Crippen LogP) is 2.62. The molecule has 0 saturated carbocycles. The lowest BCUT2D eigenvalue weighted by atomic mass is 10.0. The van der Waals surface area contributed by atoms with Gasteiger partial charge >= 0.3 is 6.03 Å². The quantitative estimate of drug-likeness (QED) is 0.888. The van der Waals surface area contributed by atoms with E-state index in [0.717, 1.165) is 50.3 Å².